The molecule has 1 aromatic heterocycles. The van der Waals surface area contributed by atoms with E-state index in [-0.39, 0.29) is 29.6 Å². The molecule has 1 heterocycles. The van der Waals surface area contributed by atoms with Crippen molar-refractivity contribution >= 4 is 27.1 Å². The van der Waals surface area contributed by atoms with Crippen LogP contribution in [0, 0.1) is 17.0 Å². The van der Waals surface area contributed by atoms with Crippen molar-refractivity contribution in [2.24, 2.45) is 0 Å². The maximum absolute atomic E-state index is 12.4. The van der Waals surface area contributed by atoms with Gasteiger partial charge in [-0.25, -0.2) is 13.1 Å². The van der Waals surface area contributed by atoms with Crippen molar-refractivity contribution in [1.29, 1.82) is 0 Å². The average molecular weight is 310 g/mol. The molecule has 9 heteroatoms. The van der Waals surface area contributed by atoms with Gasteiger partial charge in [-0.1, -0.05) is 0 Å². The van der Waals surface area contributed by atoms with Crippen LogP contribution in [-0.2, 0) is 16.4 Å². The lowest BCUT2D eigenvalue weighted by Crippen LogP contribution is -2.22. The summed E-state index contributed by atoms with van der Waals surface area (Å²) >= 11 is 5.55. The first-order valence-electron chi connectivity index (χ1n) is 5.79. The van der Waals surface area contributed by atoms with E-state index in [1.807, 2.05) is 0 Å². The number of hydrogen-bond acceptors (Lipinski definition) is 5. The van der Waals surface area contributed by atoms with Gasteiger partial charge >= 0.3 is 5.69 Å². The third-order valence-electron chi connectivity index (χ3n) is 2.85. The summed E-state index contributed by atoms with van der Waals surface area (Å²) in [5, 5.41) is 13.9. The van der Waals surface area contributed by atoms with Crippen molar-refractivity contribution < 1.29 is 13.3 Å². The van der Waals surface area contributed by atoms with Gasteiger partial charge in [0, 0.05) is 12.4 Å². The van der Waals surface area contributed by atoms with Crippen LogP contribution in [0.25, 0.3) is 0 Å². The summed E-state index contributed by atoms with van der Waals surface area (Å²) in [7, 11) is -3.82. The maximum atomic E-state index is 12.4. The minimum atomic E-state index is -3.82. The molecular weight excluding hydrogens is 294 g/mol. The van der Waals surface area contributed by atoms with Crippen LogP contribution in [0.4, 0.5) is 5.69 Å². The number of halogens is 1. The summed E-state index contributed by atoms with van der Waals surface area (Å²) in [5.41, 5.74) is -0.341. The molecule has 0 N–H and O–H groups in total. The predicted octanol–water partition coefficient (Wildman–Crippen LogP) is 1.91. The summed E-state index contributed by atoms with van der Waals surface area (Å²) < 4.78 is 26.0. The van der Waals surface area contributed by atoms with Crippen LogP contribution in [0.5, 0.6) is 0 Å². The van der Waals surface area contributed by atoms with E-state index in [2.05, 4.69) is 5.10 Å². The molecule has 1 rings (SSSR count). The molecule has 7 nitrogen and oxygen atoms in total. The van der Waals surface area contributed by atoms with Crippen LogP contribution >= 0.6 is 11.6 Å². The van der Waals surface area contributed by atoms with Gasteiger partial charge in [-0.15, -0.1) is 11.6 Å². The van der Waals surface area contributed by atoms with Crippen LogP contribution in [0.3, 0.4) is 0 Å². The van der Waals surface area contributed by atoms with E-state index in [1.165, 1.54) is 13.8 Å². The Balaban J connectivity index is 3.52. The highest BCUT2D eigenvalue weighted by Gasteiger charge is 2.37. The Morgan fingerprint density at radius 1 is 1.53 bits per heavy atom. The van der Waals surface area contributed by atoms with Crippen LogP contribution < -0.4 is 0 Å². The maximum Gasteiger partial charge on any atom is 0.328 e. The number of aromatic nitrogens is 2. The topological polar surface area (TPSA) is 95.1 Å². The SMILES string of the molecule is CCn1nc(C)c([N+](=O)[O-])c1S(=O)(=O)C(C)CCCl. The zero-order chi connectivity index (χ0) is 14.8. The molecule has 0 aliphatic carbocycles. The molecule has 0 aliphatic rings. The first-order chi connectivity index (χ1) is 8.77. The van der Waals surface area contributed by atoms with Gasteiger partial charge in [-0.05, 0) is 27.2 Å². The van der Waals surface area contributed by atoms with Crippen molar-refractivity contribution in [3.63, 3.8) is 0 Å². The van der Waals surface area contributed by atoms with Gasteiger partial charge < -0.3 is 0 Å². The van der Waals surface area contributed by atoms with Crippen LogP contribution in [0.15, 0.2) is 5.03 Å². The molecule has 0 aromatic carbocycles. The second kappa shape index (κ2) is 5.87. The number of rotatable bonds is 6. The van der Waals surface area contributed by atoms with Gasteiger partial charge in [0.05, 0.1) is 10.2 Å². The van der Waals surface area contributed by atoms with Gasteiger partial charge in [0.15, 0.2) is 0 Å². The van der Waals surface area contributed by atoms with Gasteiger partial charge in [0.1, 0.15) is 5.69 Å². The summed E-state index contributed by atoms with van der Waals surface area (Å²) in [6, 6.07) is 0. The number of alkyl halides is 1. The second-order valence-electron chi connectivity index (χ2n) is 4.15. The normalized spacial score (nSPS) is 13.5. The summed E-state index contributed by atoms with van der Waals surface area (Å²) in [4.78, 5) is 10.4. The fourth-order valence-electron chi connectivity index (χ4n) is 1.76. The number of aryl methyl sites for hydroxylation is 2. The lowest BCUT2D eigenvalue weighted by molar-refractivity contribution is -0.388. The van der Waals surface area contributed by atoms with E-state index in [4.69, 9.17) is 11.6 Å². The van der Waals surface area contributed by atoms with Gasteiger partial charge in [-0.2, -0.15) is 5.10 Å². The molecule has 0 fully saturated rings. The molecule has 1 atom stereocenters. The summed E-state index contributed by atoms with van der Waals surface area (Å²) in [6.45, 7) is 4.84. The Kier molecular flexibility index (Phi) is 4.92. The third kappa shape index (κ3) is 2.89. The Hall–Kier alpha value is -1.15. The van der Waals surface area contributed by atoms with Gasteiger partial charge in [0.2, 0.25) is 14.9 Å². The van der Waals surface area contributed by atoms with E-state index in [9.17, 15) is 18.5 Å². The average Bonchev–Trinajstić information content (AvgIpc) is 2.66. The van der Waals surface area contributed by atoms with E-state index < -0.39 is 25.7 Å². The molecule has 0 saturated heterocycles. The number of nitrogens with zero attached hydrogens (tertiary/aromatic N) is 3. The Labute approximate surface area is 116 Å². The Morgan fingerprint density at radius 3 is 2.53 bits per heavy atom. The van der Waals surface area contributed by atoms with Crippen molar-refractivity contribution in [1.82, 2.24) is 9.78 Å². The van der Waals surface area contributed by atoms with Crippen molar-refractivity contribution in [2.45, 2.75) is 44.0 Å². The molecular formula is C10H16ClN3O4S. The van der Waals surface area contributed by atoms with Gasteiger partial charge in [-0.3, -0.25) is 10.1 Å². The lowest BCUT2D eigenvalue weighted by atomic mass is 10.4. The van der Waals surface area contributed by atoms with E-state index in [0.717, 1.165) is 4.68 Å². The fraction of sp³-hybridized carbons (Fsp3) is 0.700. The van der Waals surface area contributed by atoms with E-state index in [1.54, 1.807) is 6.92 Å². The zero-order valence-electron chi connectivity index (χ0n) is 11.0. The van der Waals surface area contributed by atoms with Crippen LogP contribution in [-0.4, -0.2) is 34.3 Å². The number of hydrogen-bond donors (Lipinski definition) is 0. The van der Waals surface area contributed by atoms with E-state index in [0.29, 0.717) is 0 Å². The molecule has 0 bridgehead atoms. The highest BCUT2D eigenvalue weighted by Crippen LogP contribution is 2.31. The molecule has 1 aromatic rings. The predicted molar refractivity (Wildman–Crippen MR) is 71.3 cm³/mol. The fourth-order valence-corrected chi connectivity index (χ4v) is 3.98. The monoisotopic (exact) mass is 309 g/mol. The first-order valence-corrected chi connectivity index (χ1v) is 7.87. The molecule has 0 aliphatic heterocycles. The van der Waals surface area contributed by atoms with Crippen LogP contribution in [0.1, 0.15) is 26.0 Å². The molecule has 0 amide bonds. The minimum Gasteiger partial charge on any atom is -0.258 e. The minimum absolute atomic E-state index is 0.100. The molecule has 108 valence electrons. The summed E-state index contributed by atoms with van der Waals surface area (Å²) in [5.74, 6) is 0.174. The van der Waals surface area contributed by atoms with Gasteiger partial charge in [0.25, 0.3) is 0 Å². The van der Waals surface area contributed by atoms with Crippen molar-refractivity contribution in [3.8, 4) is 0 Å². The Morgan fingerprint density at radius 2 is 2.11 bits per heavy atom. The number of nitro groups is 1. The molecule has 0 spiro atoms. The van der Waals surface area contributed by atoms with Crippen molar-refractivity contribution in [3.05, 3.63) is 15.8 Å². The smallest absolute Gasteiger partial charge is 0.258 e. The molecule has 0 radical (unpaired) electrons. The molecule has 19 heavy (non-hydrogen) atoms. The van der Waals surface area contributed by atoms with Crippen molar-refractivity contribution in [2.75, 3.05) is 5.88 Å². The molecule has 1 unspecified atom stereocenters. The Bertz CT molecular complexity index is 582. The summed E-state index contributed by atoms with van der Waals surface area (Å²) in [6.07, 6.45) is 0.231. The highest BCUT2D eigenvalue weighted by atomic mass is 35.5. The largest absolute Gasteiger partial charge is 0.328 e. The molecule has 0 saturated carbocycles. The number of sulfone groups is 1. The highest BCUT2D eigenvalue weighted by molar-refractivity contribution is 7.92. The lowest BCUT2D eigenvalue weighted by Gasteiger charge is -2.11. The zero-order valence-corrected chi connectivity index (χ0v) is 12.5. The van der Waals surface area contributed by atoms with Crippen LogP contribution in [0.2, 0.25) is 0 Å². The quantitative estimate of drug-likeness (QED) is 0.454. The second-order valence-corrected chi connectivity index (χ2v) is 6.80. The third-order valence-corrected chi connectivity index (χ3v) is 5.30. The van der Waals surface area contributed by atoms with E-state index >= 15 is 0 Å². The standard InChI is InChI=1S/C10H16ClN3O4S/c1-4-13-10(9(14(15)16)8(3)12-13)19(17,18)7(2)5-6-11/h7H,4-6H2,1-3H3. The first kappa shape index (κ1) is 15.9.